The highest BCUT2D eigenvalue weighted by Gasteiger charge is 2.20. The van der Waals surface area contributed by atoms with Crippen LogP contribution in [0.3, 0.4) is 0 Å². The monoisotopic (exact) mass is 457 g/mol. The van der Waals surface area contributed by atoms with Gasteiger partial charge < -0.3 is 26.8 Å². The van der Waals surface area contributed by atoms with Gasteiger partial charge in [0.2, 0.25) is 0 Å². The summed E-state index contributed by atoms with van der Waals surface area (Å²) in [5.41, 5.74) is 7.61. The molecule has 0 bridgehead atoms. The molecule has 0 saturated heterocycles. The van der Waals surface area contributed by atoms with Gasteiger partial charge in [-0.25, -0.2) is 9.18 Å². The highest BCUT2D eigenvalue weighted by atomic mass is 32.1. The van der Waals surface area contributed by atoms with E-state index in [4.69, 9.17) is 10.8 Å². The normalized spacial score (nSPS) is 10.4. The zero-order chi connectivity index (χ0) is 23.3. The van der Waals surface area contributed by atoms with Crippen LogP contribution in [0.5, 0.6) is 0 Å². The van der Waals surface area contributed by atoms with Gasteiger partial charge in [0, 0.05) is 12.2 Å². The minimum absolute atomic E-state index is 0.0674. The number of rotatable bonds is 8. The fourth-order valence-corrected chi connectivity index (χ4v) is 3.72. The number of aromatic nitrogens is 1. The zero-order valence-corrected chi connectivity index (χ0v) is 17.8. The van der Waals surface area contributed by atoms with Crippen molar-refractivity contribution in [1.29, 1.82) is 0 Å². The van der Waals surface area contributed by atoms with Gasteiger partial charge in [0.05, 0.1) is 17.0 Å². The summed E-state index contributed by atoms with van der Waals surface area (Å²) < 4.78 is 18.0. The van der Waals surface area contributed by atoms with Crippen molar-refractivity contribution < 1.29 is 23.9 Å². The minimum Gasteiger partial charge on any atom is -0.481 e. The Morgan fingerprint density at radius 3 is 2.50 bits per heavy atom. The number of hydrogen-bond acceptors (Lipinski definition) is 6. The second kappa shape index (κ2) is 9.88. The summed E-state index contributed by atoms with van der Waals surface area (Å²) in [5.74, 6) is -2.00. The van der Waals surface area contributed by atoms with Gasteiger partial charge >= 0.3 is 12.0 Å². The third-order valence-corrected chi connectivity index (χ3v) is 5.24. The molecule has 9 nitrogen and oxygen atoms in total. The van der Waals surface area contributed by atoms with Crippen molar-refractivity contribution in [1.82, 2.24) is 4.37 Å². The zero-order valence-electron chi connectivity index (χ0n) is 16.9. The van der Waals surface area contributed by atoms with E-state index in [0.717, 1.165) is 17.1 Å². The summed E-state index contributed by atoms with van der Waals surface area (Å²) in [5, 5.41) is 16.6. The summed E-state index contributed by atoms with van der Waals surface area (Å²) in [4.78, 5) is 35.3. The lowest BCUT2D eigenvalue weighted by Gasteiger charge is -2.10. The smallest absolute Gasteiger partial charge is 0.323 e. The maximum Gasteiger partial charge on any atom is 0.323 e. The van der Waals surface area contributed by atoms with Crippen molar-refractivity contribution in [2.24, 2.45) is 5.73 Å². The Kier molecular flexibility index (Phi) is 7.00. The molecule has 2 aromatic carbocycles. The highest BCUT2D eigenvalue weighted by Crippen LogP contribution is 2.33. The van der Waals surface area contributed by atoms with Gasteiger partial charge in [0.25, 0.3) is 5.91 Å². The van der Waals surface area contributed by atoms with Crippen molar-refractivity contribution in [3.63, 3.8) is 0 Å². The van der Waals surface area contributed by atoms with Crippen molar-refractivity contribution in [3.05, 3.63) is 59.4 Å². The number of carbonyl (C=O) groups is 3. The number of aliphatic carboxylic acids is 1. The van der Waals surface area contributed by atoms with Crippen LogP contribution in [-0.4, -0.2) is 33.9 Å². The molecule has 3 aromatic rings. The van der Waals surface area contributed by atoms with Gasteiger partial charge in [0.15, 0.2) is 5.82 Å². The van der Waals surface area contributed by atoms with E-state index in [9.17, 15) is 18.8 Å². The van der Waals surface area contributed by atoms with Crippen molar-refractivity contribution >= 4 is 46.6 Å². The van der Waals surface area contributed by atoms with Crippen LogP contribution in [0.1, 0.15) is 22.3 Å². The van der Waals surface area contributed by atoms with Crippen LogP contribution < -0.4 is 21.7 Å². The standard InChI is InChI=1S/C21H20FN5O4S/c1-11-2-7-14(22)15(10-11)26-21(31)25-13-5-3-12(4-6-13)18-17(19(23)30)20(27-32-18)24-9-8-16(28)29/h2-7,10H,8-9H2,1H3,(H2,23,30)(H,24,27)(H,28,29)(H2,25,26,31). The van der Waals surface area contributed by atoms with Crippen LogP contribution in [-0.2, 0) is 4.79 Å². The van der Waals surface area contributed by atoms with Crippen molar-refractivity contribution in [3.8, 4) is 10.4 Å². The first-order chi connectivity index (χ1) is 15.2. The van der Waals surface area contributed by atoms with Gasteiger partial charge in [-0.15, -0.1) is 0 Å². The number of nitrogens with zero attached hydrogens (tertiary/aromatic N) is 1. The number of benzene rings is 2. The molecule has 1 heterocycles. The molecule has 6 N–H and O–H groups in total. The number of aryl methyl sites for hydroxylation is 1. The Morgan fingerprint density at radius 2 is 1.84 bits per heavy atom. The number of halogens is 1. The number of nitrogens with one attached hydrogen (secondary N) is 3. The Labute approximate surface area is 186 Å². The fraction of sp³-hybridized carbons (Fsp3) is 0.143. The Balaban J connectivity index is 1.72. The van der Waals surface area contributed by atoms with E-state index in [1.165, 1.54) is 12.1 Å². The topological polar surface area (TPSA) is 146 Å². The molecule has 0 fully saturated rings. The predicted molar refractivity (Wildman–Crippen MR) is 121 cm³/mol. The highest BCUT2D eigenvalue weighted by molar-refractivity contribution is 7.10. The first kappa shape index (κ1) is 22.7. The second-order valence-electron chi connectivity index (χ2n) is 6.81. The van der Waals surface area contributed by atoms with E-state index in [0.29, 0.717) is 16.1 Å². The summed E-state index contributed by atoms with van der Waals surface area (Å²) in [6, 6.07) is 10.4. The average Bonchev–Trinajstić information content (AvgIpc) is 3.15. The van der Waals surface area contributed by atoms with Crippen LogP contribution in [0.25, 0.3) is 10.4 Å². The summed E-state index contributed by atoms with van der Waals surface area (Å²) in [6.07, 6.45) is -0.139. The number of amides is 3. The molecule has 0 aliphatic rings. The van der Waals surface area contributed by atoms with E-state index in [1.54, 1.807) is 37.3 Å². The molecule has 3 amide bonds. The molecule has 32 heavy (non-hydrogen) atoms. The number of urea groups is 1. The van der Waals surface area contributed by atoms with Crippen molar-refractivity contribution in [2.45, 2.75) is 13.3 Å². The van der Waals surface area contributed by atoms with Gasteiger partial charge in [0.1, 0.15) is 11.4 Å². The maximum atomic E-state index is 13.8. The summed E-state index contributed by atoms with van der Waals surface area (Å²) >= 11 is 1.04. The molecule has 0 radical (unpaired) electrons. The molecule has 0 atom stereocenters. The summed E-state index contributed by atoms with van der Waals surface area (Å²) in [7, 11) is 0. The van der Waals surface area contributed by atoms with Crippen LogP contribution in [0.2, 0.25) is 0 Å². The molecular weight excluding hydrogens is 437 g/mol. The quantitative estimate of drug-likeness (QED) is 0.347. The molecular formula is C21H20FN5O4S. The number of nitrogens with two attached hydrogens (primary N) is 1. The second-order valence-corrected chi connectivity index (χ2v) is 7.58. The van der Waals surface area contributed by atoms with Gasteiger partial charge in [-0.2, -0.15) is 4.37 Å². The van der Waals surface area contributed by atoms with Gasteiger partial charge in [-0.1, -0.05) is 18.2 Å². The molecule has 1 aromatic heterocycles. The largest absolute Gasteiger partial charge is 0.481 e. The van der Waals surface area contributed by atoms with Crippen LogP contribution in [0, 0.1) is 12.7 Å². The van der Waals surface area contributed by atoms with E-state index in [2.05, 4.69) is 20.3 Å². The van der Waals surface area contributed by atoms with E-state index < -0.39 is 23.7 Å². The minimum atomic E-state index is -0.981. The third-order valence-electron chi connectivity index (χ3n) is 4.34. The molecule has 166 valence electrons. The van der Waals surface area contributed by atoms with Crippen LogP contribution >= 0.6 is 11.5 Å². The Bertz CT molecular complexity index is 1160. The fourth-order valence-electron chi connectivity index (χ4n) is 2.85. The van der Waals surface area contributed by atoms with E-state index in [-0.39, 0.29) is 30.0 Å². The van der Waals surface area contributed by atoms with Crippen LogP contribution in [0.15, 0.2) is 42.5 Å². The molecule has 0 unspecified atom stereocenters. The van der Waals surface area contributed by atoms with E-state index >= 15 is 0 Å². The van der Waals surface area contributed by atoms with Crippen molar-refractivity contribution in [2.75, 3.05) is 22.5 Å². The summed E-state index contributed by atoms with van der Waals surface area (Å²) in [6.45, 7) is 1.88. The Hall–Kier alpha value is -3.99. The molecule has 0 spiro atoms. The number of primary amides is 1. The lowest BCUT2D eigenvalue weighted by atomic mass is 10.1. The lowest BCUT2D eigenvalue weighted by Crippen LogP contribution is -2.20. The Morgan fingerprint density at radius 1 is 1.12 bits per heavy atom. The average molecular weight is 457 g/mol. The number of carboxylic acid groups (broad SMARTS) is 1. The SMILES string of the molecule is Cc1ccc(F)c(NC(=O)Nc2ccc(-c3snc(NCCC(=O)O)c3C(N)=O)cc2)c1. The van der Waals surface area contributed by atoms with Gasteiger partial charge in [-0.3, -0.25) is 9.59 Å². The number of carboxylic acids is 1. The third kappa shape index (κ3) is 5.58. The molecule has 0 aliphatic heterocycles. The molecule has 11 heteroatoms. The van der Waals surface area contributed by atoms with Crippen LogP contribution in [0.4, 0.5) is 26.4 Å². The molecule has 3 rings (SSSR count). The van der Waals surface area contributed by atoms with E-state index in [1.807, 2.05) is 0 Å². The number of anilines is 3. The maximum absolute atomic E-state index is 13.8. The molecule has 0 aliphatic carbocycles. The van der Waals surface area contributed by atoms with Gasteiger partial charge in [-0.05, 0) is 53.8 Å². The first-order valence-corrected chi connectivity index (χ1v) is 10.2. The predicted octanol–water partition coefficient (Wildman–Crippen LogP) is 3.89. The number of hydrogen-bond donors (Lipinski definition) is 5. The first-order valence-electron chi connectivity index (χ1n) is 9.44. The molecule has 0 saturated carbocycles. The lowest BCUT2D eigenvalue weighted by molar-refractivity contribution is -0.136. The number of carbonyl (C=O) groups excluding carboxylic acids is 2.